The number of rotatable bonds is 6. The average molecular weight is 451 g/mol. The molecule has 0 aromatic carbocycles. The second kappa shape index (κ2) is 8.94. The molecule has 5 unspecified atom stereocenters. The maximum atomic E-state index is 13.3. The van der Waals surface area contributed by atoms with Gasteiger partial charge < -0.3 is 20.4 Å². The highest BCUT2D eigenvalue weighted by atomic mass is 16.3. The van der Waals surface area contributed by atoms with Crippen LogP contribution in [0.3, 0.4) is 0 Å². The van der Waals surface area contributed by atoms with Crippen LogP contribution in [0.15, 0.2) is 0 Å². The lowest BCUT2D eigenvalue weighted by atomic mass is 9.44. The normalized spacial score (nSPS) is 50.3. The fraction of sp³-hybridized carbons (Fsp3) is 0.963. The van der Waals surface area contributed by atoms with Crippen molar-refractivity contribution < 1.29 is 25.2 Å². The van der Waals surface area contributed by atoms with Gasteiger partial charge >= 0.3 is 0 Å². The predicted octanol–water partition coefficient (Wildman–Crippen LogP) is 3.56. The third-order valence-corrected chi connectivity index (χ3v) is 10.9. The Morgan fingerprint density at radius 2 is 1.69 bits per heavy atom. The summed E-state index contributed by atoms with van der Waals surface area (Å²) in [6, 6.07) is 0. The molecule has 0 saturated heterocycles. The molecule has 0 bridgehead atoms. The minimum atomic E-state index is -0.765. The van der Waals surface area contributed by atoms with Crippen molar-refractivity contribution in [2.45, 2.75) is 104 Å². The Hall–Kier alpha value is -0.490. The Bertz CT molecular complexity index is 696. The number of aliphatic hydroxyl groups is 4. The molecule has 5 heteroatoms. The number of aliphatic hydroxyl groups excluding tert-OH is 4. The fourth-order valence-corrected chi connectivity index (χ4v) is 9.20. The predicted molar refractivity (Wildman–Crippen MR) is 124 cm³/mol. The Morgan fingerprint density at radius 1 is 1.00 bits per heavy atom. The lowest BCUT2D eigenvalue weighted by Crippen LogP contribution is -2.58. The summed E-state index contributed by atoms with van der Waals surface area (Å²) < 4.78 is 0. The molecule has 0 heterocycles. The van der Waals surface area contributed by atoms with E-state index in [1.807, 2.05) is 0 Å². The molecule has 4 rings (SSSR count). The largest absolute Gasteiger partial charge is 0.396 e. The first-order valence-corrected chi connectivity index (χ1v) is 13.2. The standard InChI is InChI=1S/C27H46O5/c1-15(14-28)6-5-7-16(2)22-24(31)25(32)23-18-13-21(30)20-12-17(29)8-10-26(20,3)19(18)9-11-27(22,23)4/h15-20,22-25,28-29,31-32H,5-14H2,1-4H3/t15?,16-,17+,18?,19?,20?,22+,23?,24-,25-,26-,27-/m1/s1. The summed E-state index contributed by atoms with van der Waals surface area (Å²) in [5.74, 6) is 1.35. The highest BCUT2D eigenvalue weighted by Gasteiger charge is 2.67. The Kier molecular flexibility index (Phi) is 6.88. The van der Waals surface area contributed by atoms with Gasteiger partial charge in [-0.15, -0.1) is 0 Å². The van der Waals surface area contributed by atoms with E-state index in [1.165, 1.54) is 0 Å². The lowest BCUT2D eigenvalue weighted by Gasteiger charge is -2.60. The van der Waals surface area contributed by atoms with E-state index < -0.39 is 12.2 Å². The summed E-state index contributed by atoms with van der Waals surface area (Å²) in [6.45, 7) is 9.04. The van der Waals surface area contributed by atoms with Gasteiger partial charge in [0.15, 0.2) is 0 Å². The van der Waals surface area contributed by atoms with Gasteiger partial charge in [0, 0.05) is 18.9 Å². The van der Waals surface area contributed by atoms with E-state index in [2.05, 4.69) is 27.7 Å². The van der Waals surface area contributed by atoms with Gasteiger partial charge in [-0.2, -0.15) is 0 Å². The summed E-state index contributed by atoms with van der Waals surface area (Å²) in [7, 11) is 0. The number of fused-ring (bicyclic) bond motifs is 5. The van der Waals surface area contributed by atoms with Crippen molar-refractivity contribution in [2.75, 3.05) is 6.61 Å². The van der Waals surface area contributed by atoms with Crippen molar-refractivity contribution in [3.8, 4) is 0 Å². The number of carbonyl (C=O) groups excluding carboxylic acids is 1. The Morgan fingerprint density at radius 3 is 2.38 bits per heavy atom. The fourth-order valence-electron chi connectivity index (χ4n) is 9.20. The zero-order valence-corrected chi connectivity index (χ0v) is 20.5. The van der Waals surface area contributed by atoms with Crippen molar-refractivity contribution >= 4 is 5.78 Å². The first-order valence-electron chi connectivity index (χ1n) is 13.2. The molecule has 4 N–H and O–H groups in total. The van der Waals surface area contributed by atoms with E-state index >= 15 is 0 Å². The van der Waals surface area contributed by atoms with Gasteiger partial charge in [-0.3, -0.25) is 4.79 Å². The molecule has 0 aliphatic heterocycles. The third-order valence-electron chi connectivity index (χ3n) is 10.9. The van der Waals surface area contributed by atoms with Gasteiger partial charge in [-0.1, -0.05) is 40.5 Å². The number of hydrogen-bond donors (Lipinski definition) is 4. The van der Waals surface area contributed by atoms with Crippen LogP contribution in [0, 0.1) is 52.3 Å². The van der Waals surface area contributed by atoms with Gasteiger partial charge in [-0.05, 0) is 84.9 Å². The number of ketones is 1. The zero-order chi connectivity index (χ0) is 23.4. The van der Waals surface area contributed by atoms with E-state index in [0.717, 1.165) is 44.9 Å². The van der Waals surface area contributed by atoms with Crippen LogP contribution in [0.4, 0.5) is 0 Å². The second-order valence-electron chi connectivity index (χ2n) is 12.7. The van der Waals surface area contributed by atoms with E-state index in [9.17, 15) is 25.2 Å². The molecular formula is C27H46O5. The highest BCUT2D eigenvalue weighted by molar-refractivity contribution is 5.83. The molecule has 0 amide bonds. The number of carbonyl (C=O) groups is 1. The van der Waals surface area contributed by atoms with Gasteiger partial charge in [0.25, 0.3) is 0 Å². The van der Waals surface area contributed by atoms with Crippen LogP contribution in [-0.4, -0.2) is 51.1 Å². The van der Waals surface area contributed by atoms with Crippen LogP contribution < -0.4 is 0 Å². The van der Waals surface area contributed by atoms with E-state index in [1.54, 1.807) is 0 Å². The van der Waals surface area contributed by atoms with Crippen molar-refractivity contribution in [3.05, 3.63) is 0 Å². The lowest BCUT2D eigenvalue weighted by molar-refractivity contribution is -0.165. The van der Waals surface area contributed by atoms with Gasteiger partial charge in [0.1, 0.15) is 5.78 Å². The summed E-state index contributed by atoms with van der Waals surface area (Å²) in [6.07, 6.45) is 5.93. The molecule has 4 fully saturated rings. The van der Waals surface area contributed by atoms with Crippen LogP contribution in [0.5, 0.6) is 0 Å². The first kappa shape index (κ1) is 24.6. The molecule has 5 nitrogen and oxygen atoms in total. The maximum absolute atomic E-state index is 13.3. The topological polar surface area (TPSA) is 98.0 Å². The number of Topliss-reactive ketones (excluding diaryl/α,β-unsaturated/α-hetero) is 1. The summed E-state index contributed by atoms with van der Waals surface area (Å²) in [5.41, 5.74) is -0.241. The van der Waals surface area contributed by atoms with Crippen molar-refractivity contribution in [1.82, 2.24) is 0 Å². The maximum Gasteiger partial charge on any atom is 0.136 e. The van der Waals surface area contributed by atoms with Crippen molar-refractivity contribution in [2.24, 2.45) is 52.3 Å². The monoisotopic (exact) mass is 450 g/mol. The molecule has 0 spiro atoms. The third kappa shape index (κ3) is 3.79. The van der Waals surface area contributed by atoms with Crippen LogP contribution in [0.1, 0.15) is 85.5 Å². The summed E-state index contributed by atoms with van der Waals surface area (Å²) in [5, 5.41) is 42.1. The average Bonchev–Trinajstić information content (AvgIpc) is 2.94. The molecule has 4 aliphatic carbocycles. The molecule has 0 aromatic rings. The minimum Gasteiger partial charge on any atom is -0.396 e. The molecule has 0 radical (unpaired) electrons. The van der Waals surface area contributed by atoms with Gasteiger partial charge in [-0.25, -0.2) is 0 Å². The van der Waals surface area contributed by atoms with Crippen molar-refractivity contribution in [1.29, 1.82) is 0 Å². The van der Waals surface area contributed by atoms with Crippen molar-refractivity contribution in [3.63, 3.8) is 0 Å². The second-order valence-corrected chi connectivity index (χ2v) is 12.7. The molecule has 12 atom stereocenters. The number of hydrogen-bond acceptors (Lipinski definition) is 5. The molecule has 0 aromatic heterocycles. The minimum absolute atomic E-state index is 0.0337. The Labute approximate surface area is 194 Å². The Balaban J connectivity index is 1.56. The summed E-state index contributed by atoms with van der Waals surface area (Å²) >= 11 is 0. The molecular weight excluding hydrogens is 404 g/mol. The highest BCUT2D eigenvalue weighted by Crippen LogP contribution is 2.67. The van der Waals surface area contributed by atoms with Crippen LogP contribution >= 0.6 is 0 Å². The summed E-state index contributed by atoms with van der Waals surface area (Å²) in [4.78, 5) is 13.3. The molecule has 184 valence electrons. The van der Waals surface area contributed by atoms with Crippen LogP contribution in [-0.2, 0) is 4.79 Å². The first-order chi connectivity index (χ1) is 15.0. The molecule has 32 heavy (non-hydrogen) atoms. The van der Waals surface area contributed by atoms with Crippen LogP contribution in [0.2, 0.25) is 0 Å². The van der Waals surface area contributed by atoms with E-state index in [4.69, 9.17) is 0 Å². The SMILES string of the molecule is CC(CO)CCC[C@@H](C)[C@H]1[C@@H](O)[C@H](O)C2C3CC(=O)C4C[C@@H](O)CC[C@]4(C)C3CC[C@@]21C. The van der Waals surface area contributed by atoms with E-state index in [-0.39, 0.29) is 53.0 Å². The van der Waals surface area contributed by atoms with E-state index in [0.29, 0.717) is 30.6 Å². The molecule has 4 saturated carbocycles. The van der Waals surface area contributed by atoms with Gasteiger partial charge in [0.2, 0.25) is 0 Å². The zero-order valence-electron chi connectivity index (χ0n) is 20.5. The van der Waals surface area contributed by atoms with Crippen LogP contribution in [0.25, 0.3) is 0 Å². The van der Waals surface area contributed by atoms with Gasteiger partial charge in [0.05, 0.1) is 18.3 Å². The smallest absolute Gasteiger partial charge is 0.136 e. The quantitative estimate of drug-likeness (QED) is 0.496. The molecule has 4 aliphatic rings.